The van der Waals surface area contributed by atoms with Crippen LogP contribution in [0.4, 0.5) is 0 Å². The van der Waals surface area contributed by atoms with Gasteiger partial charge in [0.05, 0.1) is 5.75 Å². The van der Waals surface area contributed by atoms with Gasteiger partial charge in [0.1, 0.15) is 0 Å². The van der Waals surface area contributed by atoms with Gasteiger partial charge in [-0.3, -0.25) is 4.79 Å². The van der Waals surface area contributed by atoms with Crippen molar-refractivity contribution in [2.24, 2.45) is 0 Å². The van der Waals surface area contributed by atoms with Crippen LogP contribution in [0.2, 0.25) is 0 Å². The van der Waals surface area contributed by atoms with Crippen LogP contribution in [0.5, 0.6) is 0 Å². The normalized spacial score (nSPS) is 15.6. The van der Waals surface area contributed by atoms with Crippen molar-refractivity contribution in [2.45, 2.75) is 24.0 Å². The fraction of sp³-hybridized carbons (Fsp3) is 0.353. The Hall–Kier alpha value is -1.26. The molecule has 1 fully saturated rings. The Balaban J connectivity index is 1.39. The highest BCUT2D eigenvalue weighted by Gasteiger charge is 2.44. The van der Waals surface area contributed by atoms with Gasteiger partial charge >= 0.3 is 0 Å². The van der Waals surface area contributed by atoms with Crippen molar-refractivity contribution in [3.63, 3.8) is 0 Å². The quantitative estimate of drug-likeness (QED) is 0.841. The standard InChI is InChI=1S/C17H19NOS2/c19-16(12-21-10-14-4-2-1-3-5-14)18-13-17(7-8-17)15-6-9-20-11-15/h1-6,9,11H,7-8,10,12-13H2,(H,18,19). The van der Waals surface area contributed by atoms with E-state index < -0.39 is 0 Å². The van der Waals surface area contributed by atoms with Crippen molar-refractivity contribution >= 4 is 29.0 Å². The molecule has 1 aliphatic rings. The van der Waals surface area contributed by atoms with E-state index in [9.17, 15) is 4.79 Å². The van der Waals surface area contributed by atoms with Gasteiger partial charge in [-0.1, -0.05) is 30.3 Å². The van der Waals surface area contributed by atoms with Crippen LogP contribution in [0.3, 0.4) is 0 Å². The van der Waals surface area contributed by atoms with Crippen molar-refractivity contribution in [1.82, 2.24) is 5.32 Å². The molecular weight excluding hydrogens is 298 g/mol. The average molecular weight is 317 g/mol. The number of carbonyl (C=O) groups excluding carboxylic acids is 1. The summed E-state index contributed by atoms with van der Waals surface area (Å²) < 4.78 is 0. The van der Waals surface area contributed by atoms with Crippen LogP contribution in [-0.2, 0) is 16.0 Å². The topological polar surface area (TPSA) is 29.1 Å². The maximum atomic E-state index is 11.9. The van der Waals surface area contributed by atoms with E-state index in [2.05, 4.69) is 34.3 Å². The summed E-state index contributed by atoms with van der Waals surface area (Å²) in [7, 11) is 0. The number of thiophene rings is 1. The van der Waals surface area contributed by atoms with E-state index in [4.69, 9.17) is 0 Å². The minimum atomic E-state index is 0.150. The number of rotatable bonds is 7. The lowest BCUT2D eigenvalue weighted by Crippen LogP contribution is -2.33. The smallest absolute Gasteiger partial charge is 0.230 e. The summed E-state index contributed by atoms with van der Waals surface area (Å²) in [6, 6.07) is 12.5. The molecule has 4 heteroatoms. The molecule has 2 nitrogen and oxygen atoms in total. The van der Waals surface area contributed by atoms with Crippen molar-refractivity contribution in [1.29, 1.82) is 0 Å². The van der Waals surface area contributed by atoms with Gasteiger partial charge in [0, 0.05) is 17.7 Å². The van der Waals surface area contributed by atoms with Crippen LogP contribution >= 0.6 is 23.1 Å². The third-order valence-electron chi connectivity index (χ3n) is 3.96. The summed E-state index contributed by atoms with van der Waals surface area (Å²) in [5.74, 6) is 1.58. The third kappa shape index (κ3) is 3.89. The van der Waals surface area contributed by atoms with E-state index in [1.807, 2.05) is 18.2 Å². The van der Waals surface area contributed by atoms with E-state index >= 15 is 0 Å². The van der Waals surface area contributed by atoms with Gasteiger partial charge in [-0.15, -0.1) is 11.8 Å². The van der Waals surface area contributed by atoms with Crippen LogP contribution in [0.25, 0.3) is 0 Å². The summed E-state index contributed by atoms with van der Waals surface area (Å²) in [6.45, 7) is 0.786. The van der Waals surface area contributed by atoms with Crippen LogP contribution in [0.15, 0.2) is 47.2 Å². The monoisotopic (exact) mass is 317 g/mol. The first-order chi connectivity index (χ1) is 10.3. The predicted molar refractivity (Wildman–Crippen MR) is 90.8 cm³/mol. The van der Waals surface area contributed by atoms with Gasteiger partial charge in [-0.2, -0.15) is 11.3 Å². The molecule has 2 aromatic rings. The molecule has 0 saturated heterocycles. The van der Waals surface area contributed by atoms with E-state index in [0.717, 1.165) is 12.3 Å². The molecule has 1 aliphatic carbocycles. The fourth-order valence-electron chi connectivity index (χ4n) is 2.44. The fourth-order valence-corrected chi connectivity index (χ4v) is 4.04. The zero-order valence-corrected chi connectivity index (χ0v) is 13.5. The Morgan fingerprint density at radius 1 is 1.24 bits per heavy atom. The van der Waals surface area contributed by atoms with Crippen molar-refractivity contribution < 1.29 is 4.79 Å². The number of benzene rings is 1. The molecule has 0 spiro atoms. The van der Waals surface area contributed by atoms with Crippen LogP contribution in [0.1, 0.15) is 24.0 Å². The second kappa shape index (κ2) is 6.67. The van der Waals surface area contributed by atoms with Crippen molar-refractivity contribution in [3.05, 3.63) is 58.3 Å². The number of carbonyl (C=O) groups is 1. The first kappa shape index (κ1) is 14.7. The first-order valence-corrected chi connectivity index (χ1v) is 9.29. The molecule has 1 N–H and O–H groups in total. The van der Waals surface area contributed by atoms with Gasteiger partial charge in [0.2, 0.25) is 5.91 Å². The summed E-state index contributed by atoms with van der Waals surface area (Å²) in [5, 5.41) is 7.43. The zero-order chi connectivity index (χ0) is 14.5. The van der Waals surface area contributed by atoms with Crippen molar-refractivity contribution in [3.8, 4) is 0 Å². The van der Waals surface area contributed by atoms with E-state index in [-0.39, 0.29) is 11.3 Å². The first-order valence-electron chi connectivity index (χ1n) is 7.20. The number of amides is 1. The lowest BCUT2D eigenvalue weighted by atomic mass is 9.99. The molecule has 1 aromatic heterocycles. The van der Waals surface area contributed by atoms with E-state index in [1.54, 1.807) is 23.1 Å². The number of hydrogen-bond acceptors (Lipinski definition) is 3. The van der Waals surface area contributed by atoms with Crippen LogP contribution in [0, 0.1) is 0 Å². The Morgan fingerprint density at radius 2 is 2.05 bits per heavy atom. The van der Waals surface area contributed by atoms with Crippen LogP contribution in [-0.4, -0.2) is 18.2 Å². The molecule has 21 heavy (non-hydrogen) atoms. The maximum absolute atomic E-state index is 11.9. The summed E-state index contributed by atoms with van der Waals surface area (Å²) in [5.41, 5.74) is 2.90. The predicted octanol–water partition coefficient (Wildman–Crippen LogP) is 3.83. The van der Waals surface area contributed by atoms with Gasteiger partial charge in [-0.05, 0) is 40.8 Å². The average Bonchev–Trinajstić information content (AvgIpc) is 3.09. The zero-order valence-electron chi connectivity index (χ0n) is 11.9. The molecule has 3 rings (SSSR count). The van der Waals surface area contributed by atoms with Gasteiger partial charge in [-0.25, -0.2) is 0 Å². The van der Waals surface area contributed by atoms with Gasteiger partial charge in [0.15, 0.2) is 0 Å². The minimum Gasteiger partial charge on any atom is -0.354 e. The van der Waals surface area contributed by atoms with Gasteiger partial charge in [0.25, 0.3) is 0 Å². The lowest BCUT2D eigenvalue weighted by molar-refractivity contribution is -0.118. The lowest BCUT2D eigenvalue weighted by Gasteiger charge is -2.14. The third-order valence-corrected chi connectivity index (χ3v) is 5.64. The second-order valence-corrected chi connectivity index (χ2v) is 7.31. The molecule has 0 atom stereocenters. The molecule has 0 unspecified atom stereocenters. The maximum Gasteiger partial charge on any atom is 0.230 e. The summed E-state index contributed by atoms with van der Waals surface area (Å²) in [4.78, 5) is 11.9. The Kier molecular flexibility index (Phi) is 4.66. The van der Waals surface area contributed by atoms with E-state index in [0.29, 0.717) is 5.75 Å². The van der Waals surface area contributed by atoms with Crippen molar-refractivity contribution in [2.75, 3.05) is 12.3 Å². The molecule has 110 valence electrons. The number of thioether (sulfide) groups is 1. The Morgan fingerprint density at radius 3 is 2.71 bits per heavy atom. The molecule has 0 radical (unpaired) electrons. The SMILES string of the molecule is O=C(CSCc1ccccc1)NCC1(c2ccsc2)CC1. The molecule has 1 saturated carbocycles. The Bertz CT molecular complexity index is 576. The number of nitrogens with one attached hydrogen (secondary N) is 1. The molecule has 1 heterocycles. The largest absolute Gasteiger partial charge is 0.354 e. The summed E-state index contributed by atoms with van der Waals surface area (Å²) in [6.07, 6.45) is 2.39. The highest BCUT2D eigenvalue weighted by molar-refractivity contribution is 7.99. The number of hydrogen-bond donors (Lipinski definition) is 1. The highest BCUT2D eigenvalue weighted by atomic mass is 32.2. The van der Waals surface area contributed by atoms with Crippen LogP contribution < -0.4 is 5.32 Å². The molecular formula is C17H19NOS2. The molecule has 0 bridgehead atoms. The van der Waals surface area contributed by atoms with Gasteiger partial charge < -0.3 is 5.32 Å². The minimum absolute atomic E-state index is 0.150. The second-order valence-electron chi connectivity index (χ2n) is 5.55. The van der Waals surface area contributed by atoms with E-state index in [1.165, 1.54) is 24.0 Å². The highest BCUT2D eigenvalue weighted by Crippen LogP contribution is 2.48. The summed E-state index contributed by atoms with van der Waals surface area (Å²) >= 11 is 3.41. The molecule has 0 aliphatic heterocycles. The Labute approximate surface area is 134 Å². The molecule has 1 amide bonds. The molecule has 1 aromatic carbocycles.